The molecule has 23 heavy (non-hydrogen) atoms. The molecule has 0 aliphatic heterocycles. The zero-order chi connectivity index (χ0) is 16.7. The summed E-state index contributed by atoms with van der Waals surface area (Å²) in [6, 6.07) is 3.83. The van der Waals surface area contributed by atoms with Crippen molar-refractivity contribution >= 4 is 23.1 Å². The van der Waals surface area contributed by atoms with Crippen LogP contribution in [-0.4, -0.2) is 54.1 Å². The first-order valence-corrected chi connectivity index (χ1v) is 7.62. The quantitative estimate of drug-likeness (QED) is 0.715. The van der Waals surface area contributed by atoms with Crippen molar-refractivity contribution < 1.29 is 4.74 Å². The van der Waals surface area contributed by atoms with Crippen LogP contribution in [0, 0.1) is 0 Å². The van der Waals surface area contributed by atoms with E-state index in [1.54, 1.807) is 13.2 Å². The molecular weight excluding hydrogens is 316 g/mol. The maximum absolute atomic E-state index is 6.03. The summed E-state index contributed by atoms with van der Waals surface area (Å²) in [7, 11) is 5.78. The third-order valence-electron chi connectivity index (χ3n) is 3.10. The fraction of sp³-hybridized carbons (Fsp3) is 0.400. The number of nitrogens with zero attached hydrogens (tertiary/aromatic N) is 4. The first-order valence-electron chi connectivity index (χ1n) is 7.24. The highest BCUT2D eigenvalue weighted by Gasteiger charge is 2.08. The summed E-state index contributed by atoms with van der Waals surface area (Å²) in [5.74, 6) is 1.26. The molecule has 0 aromatic carbocycles. The molecule has 0 spiro atoms. The van der Waals surface area contributed by atoms with Gasteiger partial charge in [0.2, 0.25) is 5.88 Å². The summed E-state index contributed by atoms with van der Waals surface area (Å²) < 4.78 is 5.63. The lowest BCUT2D eigenvalue weighted by Gasteiger charge is -2.12. The van der Waals surface area contributed by atoms with E-state index in [-0.39, 0.29) is 0 Å². The standard InChI is InChI=1S/C15H21ClN6O/c1-17-13-14(16)20-10-21-15(13)19-9-11-4-5-18-12(8-11)23-7-6-22(2)3/h4-5,8,10,17H,6-7,9H2,1-3H3,(H,19,20,21). The molecule has 0 aliphatic carbocycles. The van der Waals surface area contributed by atoms with Crippen LogP contribution in [0.1, 0.15) is 5.56 Å². The van der Waals surface area contributed by atoms with E-state index in [1.165, 1.54) is 6.33 Å². The zero-order valence-electron chi connectivity index (χ0n) is 13.5. The SMILES string of the molecule is CNc1c(Cl)ncnc1NCc1ccnc(OCCN(C)C)c1. The Kier molecular flexibility index (Phi) is 6.37. The number of ether oxygens (including phenoxy) is 1. The normalized spacial score (nSPS) is 10.7. The minimum atomic E-state index is 0.382. The van der Waals surface area contributed by atoms with Crippen LogP contribution in [0.2, 0.25) is 5.15 Å². The van der Waals surface area contributed by atoms with Gasteiger partial charge in [0.15, 0.2) is 11.0 Å². The summed E-state index contributed by atoms with van der Waals surface area (Å²) >= 11 is 6.03. The third-order valence-corrected chi connectivity index (χ3v) is 3.39. The second kappa shape index (κ2) is 8.50. The number of hydrogen-bond donors (Lipinski definition) is 2. The lowest BCUT2D eigenvalue weighted by Crippen LogP contribution is -2.19. The smallest absolute Gasteiger partial charge is 0.213 e. The largest absolute Gasteiger partial charge is 0.476 e. The van der Waals surface area contributed by atoms with Crippen LogP contribution in [0.5, 0.6) is 5.88 Å². The number of pyridine rings is 1. The molecule has 0 bridgehead atoms. The minimum Gasteiger partial charge on any atom is -0.476 e. The number of anilines is 2. The molecule has 0 atom stereocenters. The Morgan fingerprint density at radius 3 is 2.83 bits per heavy atom. The first-order chi connectivity index (χ1) is 11.1. The maximum Gasteiger partial charge on any atom is 0.213 e. The first kappa shape index (κ1) is 17.2. The van der Waals surface area contributed by atoms with Gasteiger partial charge in [0.25, 0.3) is 0 Å². The van der Waals surface area contributed by atoms with Gasteiger partial charge < -0.3 is 20.3 Å². The van der Waals surface area contributed by atoms with Crippen molar-refractivity contribution in [3.63, 3.8) is 0 Å². The number of halogens is 1. The van der Waals surface area contributed by atoms with Crippen molar-refractivity contribution in [1.82, 2.24) is 19.9 Å². The molecule has 2 N–H and O–H groups in total. The van der Waals surface area contributed by atoms with Gasteiger partial charge in [-0.1, -0.05) is 11.6 Å². The van der Waals surface area contributed by atoms with Crippen molar-refractivity contribution in [2.75, 3.05) is 44.9 Å². The minimum absolute atomic E-state index is 0.382. The zero-order valence-corrected chi connectivity index (χ0v) is 14.3. The fourth-order valence-corrected chi connectivity index (χ4v) is 2.11. The highest BCUT2D eigenvalue weighted by atomic mass is 35.5. The number of rotatable bonds is 8. The van der Waals surface area contributed by atoms with Gasteiger partial charge in [-0.2, -0.15) is 0 Å². The Morgan fingerprint density at radius 2 is 2.09 bits per heavy atom. The van der Waals surface area contributed by atoms with Crippen molar-refractivity contribution in [2.24, 2.45) is 0 Å². The molecule has 0 saturated carbocycles. The van der Waals surface area contributed by atoms with E-state index >= 15 is 0 Å². The highest BCUT2D eigenvalue weighted by Crippen LogP contribution is 2.25. The van der Waals surface area contributed by atoms with Gasteiger partial charge in [-0.05, 0) is 25.7 Å². The van der Waals surface area contributed by atoms with Gasteiger partial charge in [-0.15, -0.1) is 0 Å². The molecule has 0 aliphatic rings. The van der Waals surface area contributed by atoms with Gasteiger partial charge in [0.1, 0.15) is 18.6 Å². The monoisotopic (exact) mass is 336 g/mol. The molecule has 0 fully saturated rings. The Bertz CT molecular complexity index is 637. The predicted octanol–water partition coefficient (Wildman–Crippen LogP) is 2.12. The van der Waals surface area contributed by atoms with Crippen LogP contribution in [0.25, 0.3) is 0 Å². The summed E-state index contributed by atoms with van der Waals surface area (Å²) in [6.45, 7) is 2.02. The van der Waals surface area contributed by atoms with Crippen LogP contribution in [-0.2, 0) is 6.54 Å². The Morgan fingerprint density at radius 1 is 1.26 bits per heavy atom. The molecule has 0 unspecified atom stereocenters. The molecule has 0 radical (unpaired) electrons. The molecule has 0 amide bonds. The highest BCUT2D eigenvalue weighted by molar-refractivity contribution is 6.32. The summed E-state index contributed by atoms with van der Waals surface area (Å²) in [5.41, 5.74) is 1.71. The van der Waals surface area contributed by atoms with Gasteiger partial charge in [-0.25, -0.2) is 15.0 Å². The van der Waals surface area contributed by atoms with E-state index in [4.69, 9.17) is 16.3 Å². The Hall–Kier alpha value is -2.12. The van der Waals surface area contributed by atoms with Crippen LogP contribution >= 0.6 is 11.6 Å². The second-order valence-electron chi connectivity index (χ2n) is 5.15. The van der Waals surface area contributed by atoms with E-state index in [2.05, 4.69) is 30.5 Å². The van der Waals surface area contributed by atoms with Crippen molar-refractivity contribution in [2.45, 2.75) is 6.54 Å². The van der Waals surface area contributed by atoms with E-state index < -0.39 is 0 Å². The predicted molar refractivity (Wildman–Crippen MR) is 92.2 cm³/mol. The molecule has 2 aromatic heterocycles. The molecule has 2 rings (SSSR count). The molecule has 8 heteroatoms. The number of hydrogen-bond acceptors (Lipinski definition) is 7. The second-order valence-corrected chi connectivity index (χ2v) is 5.50. The van der Waals surface area contributed by atoms with E-state index in [9.17, 15) is 0 Å². The van der Waals surface area contributed by atoms with Crippen LogP contribution in [0.3, 0.4) is 0 Å². The van der Waals surface area contributed by atoms with Gasteiger partial charge in [0, 0.05) is 32.4 Å². The maximum atomic E-state index is 6.03. The van der Waals surface area contributed by atoms with E-state index in [0.717, 1.165) is 12.1 Å². The Balaban J connectivity index is 1.97. The molecule has 7 nitrogen and oxygen atoms in total. The van der Waals surface area contributed by atoms with Crippen LogP contribution < -0.4 is 15.4 Å². The average molecular weight is 337 g/mol. The molecule has 2 heterocycles. The summed E-state index contributed by atoms with van der Waals surface area (Å²) in [4.78, 5) is 14.4. The fourth-order valence-electron chi connectivity index (χ4n) is 1.88. The van der Waals surface area contributed by atoms with E-state index in [1.807, 2.05) is 26.2 Å². The number of nitrogens with one attached hydrogen (secondary N) is 2. The third kappa shape index (κ3) is 5.22. The molecular formula is C15H21ClN6O. The molecule has 0 saturated heterocycles. The topological polar surface area (TPSA) is 75.2 Å². The van der Waals surface area contributed by atoms with Crippen molar-refractivity contribution in [3.8, 4) is 5.88 Å². The summed E-state index contributed by atoms with van der Waals surface area (Å²) in [5, 5.41) is 6.60. The summed E-state index contributed by atoms with van der Waals surface area (Å²) in [6.07, 6.45) is 3.15. The van der Waals surface area contributed by atoms with Gasteiger partial charge in [0.05, 0.1) is 0 Å². The van der Waals surface area contributed by atoms with E-state index in [0.29, 0.717) is 35.7 Å². The van der Waals surface area contributed by atoms with Crippen molar-refractivity contribution in [1.29, 1.82) is 0 Å². The van der Waals surface area contributed by atoms with Crippen LogP contribution in [0.4, 0.5) is 11.5 Å². The lowest BCUT2D eigenvalue weighted by molar-refractivity contribution is 0.253. The molecule has 2 aromatic rings. The van der Waals surface area contributed by atoms with Crippen LogP contribution in [0.15, 0.2) is 24.7 Å². The average Bonchev–Trinajstić information content (AvgIpc) is 2.53. The number of aromatic nitrogens is 3. The van der Waals surface area contributed by atoms with Gasteiger partial charge >= 0.3 is 0 Å². The number of likely N-dealkylation sites (N-methyl/N-ethyl adjacent to an activating group) is 1. The van der Waals surface area contributed by atoms with Gasteiger partial charge in [-0.3, -0.25) is 0 Å². The Labute approximate surface area is 141 Å². The molecule has 124 valence electrons. The van der Waals surface area contributed by atoms with Crippen molar-refractivity contribution in [3.05, 3.63) is 35.4 Å². The lowest BCUT2D eigenvalue weighted by atomic mass is 10.2.